The first-order chi connectivity index (χ1) is 13.2. The van der Waals surface area contributed by atoms with Crippen LogP contribution in [-0.2, 0) is 5.75 Å². The first-order valence-electron chi connectivity index (χ1n) is 8.27. The van der Waals surface area contributed by atoms with Gasteiger partial charge in [0, 0.05) is 11.3 Å². The summed E-state index contributed by atoms with van der Waals surface area (Å²) in [5.74, 6) is 0.877. The summed E-state index contributed by atoms with van der Waals surface area (Å²) in [6.45, 7) is 0. The minimum atomic E-state index is -0.504. The van der Waals surface area contributed by atoms with Crippen LogP contribution in [-0.4, -0.2) is 11.4 Å². The summed E-state index contributed by atoms with van der Waals surface area (Å²) in [7, 11) is 0. The molecule has 27 heavy (non-hydrogen) atoms. The van der Waals surface area contributed by atoms with E-state index in [0.717, 1.165) is 5.56 Å². The fourth-order valence-corrected chi connectivity index (χ4v) is 2.84. The lowest BCUT2D eigenvalue weighted by Crippen LogP contribution is -2.06. The van der Waals surface area contributed by atoms with Crippen LogP contribution in [0.4, 0.5) is 4.39 Å². The van der Waals surface area contributed by atoms with Gasteiger partial charge in [0.05, 0.1) is 6.21 Å². The van der Waals surface area contributed by atoms with Crippen LogP contribution >= 0.6 is 11.8 Å². The van der Waals surface area contributed by atoms with Crippen molar-refractivity contribution >= 4 is 23.1 Å². The number of hydrogen-bond donors (Lipinski definition) is 1. The van der Waals surface area contributed by atoms with E-state index in [4.69, 9.17) is 10.5 Å². The number of rotatable bonds is 6. The molecule has 0 radical (unpaired) electrons. The Balaban J connectivity index is 1.63. The van der Waals surface area contributed by atoms with Crippen LogP contribution in [0.25, 0.3) is 0 Å². The molecule has 0 amide bonds. The molecule has 0 saturated heterocycles. The topological polar surface area (TPSA) is 60.0 Å². The van der Waals surface area contributed by atoms with Crippen molar-refractivity contribution in [3.05, 3.63) is 95.8 Å². The Morgan fingerprint density at radius 1 is 0.963 bits per heavy atom. The van der Waals surface area contributed by atoms with Gasteiger partial charge in [-0.1, -0.05) is 72.4 Å². The van der Waals surface area contributed by atoms with Gasteiger partial charge >= 0.3 is 0 Å². The van der Waals surface area contributed by atoms with Crippen molar-refractivity contribution in [3.63, 3.8) is 0 Å². The first-order valence-corrected chi connectivity index (χ1v) is 9.25. The molecule has 0 heterocycles. The molecule has 0 bridgehead atoms. The molecule has 0 spiro atoms. The molecule has 6 heteroatoms. The second-order valence-corrected chi connectivity index (χ2v) is 6.53. The highest BCUT2D eigenvalue weighted by Gasteiger charge is 2.08. The van der Waals surface area contributed by atoms with Gasteiger partial charge in [-0.05, 0) is 23.8 Å². The highest BCUT2D eigenvalue weighted by atomic mass is 32.2. The van der Waals surface area contributed by atoms with Crippen LogP contribution in [0.1, 0.15) is 11.1 Å². The molecule has 0 aliphatic rings. The maximum Gasteiger partial charge on any atom is 0.180 e. The number of hydrogen-bond acceptors (Lipinski definition) is 4. The summed E-state index contributed by atoms with van der Waals surface area (Å²) >= 11 is 1.37. The molecule has 0 aromatic heterocycles. The van der Waals surface area contributed by atoms with Crippen LogP contribution in [0.3, 0.4) is 0 Å². The van der Waals surface area contributed by atoms with Gasteiger partial charge in [-0.15, -0.1) is 5.10 Å². The van der Waals surface area contributed by atoms with E-state index in [1.807, 2.05) is 48.5 Å². The highest BCUT2D eigenvalue weighted by molar-refractivity contribution is 8.13. The van der Waals surface area contributed by atoms with Gasteiger partial charge in [-0.3, -0.25) is 0 Å². The largest absolute Gasteiger partial charge is 0.454 e. The zero-order valence-corrected chi connectivity index (χ0v) is 15.3. The van der Waals surface area contributed by atoms with E-state index in [-0.39, 0.29) is 11.3 Å². The third-order valence-corrected chi connectivity index (χ3v) is 4.40. The predicted octanol–water partition coefficient (Wildman–Crippen LogP) is 5.20. The molecule has 2 N–H and O–H groups in total. The number of nitrogens with two attached hydrogens (primary N) is 1. The van der Waals surface area contributed by atoms with Gasteiger partial charge in [0.25, 0.3) is 0 Å². The van der Waals surface area contributed by atoms with Gasteiger partial charge in [-0.25, -0.2) is 4.39 Å². The Kier molecular flexibility index (Phi) is 6.60. The molecule has 0 saturated carbocycles. The Bertz CT molecular complexity index is 931. The zero-order valence-electron chi connectivity index (χ0n) is 14.5. The highest BCUT2D eigenvalue weighted by Crippen LogP contribution is 2.25. The van der Waals surface area contributed by atoms with Crippen molar-refractivity contribution < 1.29 is 9.13 Å². The van der Waals surface area contributed by atoms with Crippen LogP contribution < -0.4 is 10.5 Å². The number of benzene rings is 3. The minimum Gasteiger partial charge on any atom is -0.454 e. The molecule has 0 unspecified atom stereocenters. The SMILES string of the molecule is NC(=NN=Cc1cccc(Oc2ccccc2)c1F)SCc1ccccc1. The van der Waals surface area contributed by atoms with Crippen molar-refractivity contribution in [1.82, 2.24) is 0 Å². The standard InChI is InChI=1S/C21H18FN3OS/c22-20-17(10-7-13-19(20)26-18-11-5-2-6-12-18)14-24-25-21(23)27-15-16-8-3-1-4-9-16/h1-14H,15H2,(H2,23,25). The van der Waals surface area contributed by atoms with E-state index >= 15 is 0 Å². The van der Waals surface area contributed by atoms with Gasteiger partial charge in [0.15, 0.2) is 16.7 Å². The maximum atomic E-state index is 14.6. The molecule has 0 aliphatic carbocycles. The second kappa shape index (κ2) is 9.54. The summed E-state index contributed by atoms with van der Waals surface area (Å²) < 4.78 is 20.1. The lowest BCUT2D eigenvalue weighted by Gasteiger charge is -2.07. The van der Waals surface area contributed by atoms with E-state index in [1.54, 1.807) is 30.3 Å². The van der Waals surface area contributed by atoms with E-state index in [2.05, 4.69) is 10.2 Å². The van der Waals surface area contributed by atoms with E-state index in [9.17, 15) is 4.39 Å². The van der Waals surface area contributed by atoms with Gasteiger partial charge in [0.2, 0.25) is 0 Å². The molecule has 3 rings (SSSR count). The normalized spacial score (nSPS) is 11.7. The summed E-state index contributed by atoms with van der Waals surface area (Å²) in [5.41, 5.74) is 7.25. The third-order valence-electron chi connectivity index (χ3n) is 3.55. The molecule has 0 aliphatic heterocycles. The number of thioether (sulfide) groups is 1. The maximum absolute atomic E-state index is 14.6. The van der Waals surface area contributed by atoms with E-state index in [1.165, 1.54) is 18.0 Å². The third kappa shape index (κ3) is 5.69. The number of nitrogens with zero attached hydrogens (tertiary/aromatic N) is 2. The molecular formula is C21H18FN3OS. The van der Waals surface area contributed by atoms with E-state index in [0.29, 0.717) is 16.7 Å². The van der Waals surface area contributed by atoms with Gasteiger partial charge in [0.1, 0.15) is 5.75 Å². The molecular weight excluding hydrogens is 361 g/mol. The summed E-state index contributed by atoms with van der Waals surface area (Å²) in [5, 5.41) is 8.11. The van der Waals surface area contributed by atoms with Crippen LogP contribution in [0.2, 0.25) is 0 Å². The minimum absolute atomic E-state index is 0.126. The quantitative estimate of drug-likeness (QED) is 0.364. The second-order valence-electron chi connectivity index (χ2n) is 5.53. The molecule has 136 valence electrons. The van der Waals surface area contributed by atoms with Crippen molar-refractivity contribution in [2.75, 3.05) is 0 Å². The van der Waals surface area contributed by atoms with Gasteiger partial charge in [-0.2, -0.15) is 5.10 Å². The lowest BCUT2D eigenvalue weighted by atomic mass is 10.2. The van der Waals surface area contributed by atoms with Crippen molar-refractivity contribution in [3.8, 4) is 11.5 Å². The van der Waals surface area contributed by atoms with Crippen molar-refractivity contribution in [1.29, 1.82) is 0 Å². The number of halogens is 1. The fraction of sp³-hybridized carbons (Fsp3) is 0.0476. The number of amidine groups is 1. The summed E-state index contributed by atoms with van der Waals surface area (Å²) in [4.78, 5) is 0. The smallest absolute Gasteiger partial charge is 0.180 e. The molecule has 0 fully saturated rings. The lowest BCUT2D eigenvalue weighted by molar-refractivity contribution is 0.442. The monoisotopic (exact) mass is 379 g/mol. The Morgan fingerprint density at radius 2 is 1.67 bits per heavy atom. The fourth-order valence-electron chi connectivity index (χ4n) is 2.23. The Hall–Kier alpha value is -3.12. The van der Waals surface area contributed by atoms with E-state index < -0.39 is 5.82 Å². The Labute approximate surface area is 161 Å². The van der Waals surface area contributed by atoms with Crippen LogP contribution in [0.15, 0.2) is 89.1 Å². The van der Waals surface area contributed by atoms with Crippen molar-refractivity contribution in [2.24, 2.45) is 15.9 Å². The zero-order chi connectivity index (χ0) is 18.9. The molecule has 3 aromatic rings. The summed E-state index contributed by atoms with van der Waals surface area (Å²) in [6, 6.07) is 23.8. The predicted molar refractivity (Wildman–Crippen MR) is 110 cm³/mol. The van der Waals surface area contributed by atoms with Crippen LogP contribution in [0.5, 0.6) is 11.5 Å². The average molecular weight is 379 g/mol. The van der Waals surface area contributed by atoms with Crippen LogP contribution in [0, 0.1) is 5.82 Å². The van der Waals surface area contributed by atoms with Crippen molar-refractivity contribution in [2.45, 2.75) is 5.75 Å². The number of ether oxygens (including phenoxy) is 1. The summed E-state index contributed by atoms with van der Waals surface area (Å²) in [6.07, 6.45) is 1.32. The average Bonchev–Trinajstić information content (AvgIpc) is 2.71. The Morgan fingerprint density at radius 3 is 2.41 bits per heavy atom. The molecule has 4 nitrogen and oxygen atoms in total. The first kappa shape index (κ1) is 18.7. The molecule has 3 aromatic carbocycles. The number of para-hydroxylation sites is 1. The molecule has 0 atom stereocenters. The van der Waals surface area contributed by atoms with Gasteiger partial charge < -0.3 is 10.5 Å².